The van der Waals surface area contributed by atoms with Crippen molar-refractivity contribution in [1.82, 2.24) is 5.32 Å². The molecular formula is C18H27ClF2N2O2. The van der Waals surface area contributed by atoms with Crippen LogP contribution in [0.25, 0.3) is 0 Å². The van der Waals surface area contributed by atoms with Crippen molar-refractivity contribution < 1.29 is 18.3 Å². The average Bonchev–Trinajstić information content (AvgIpc) is 2.54. The van der Waals surface area contributed by atoms with Crippen molar-refractivity contribution in [3.05, 3.63) is 29.3 Å². The quantitative estimate of drug-likeness (QED) is 0.637. The lowest BCUT2D eigenvalue weighted by molar-refractivity contribution is -0.122. The van der Waals surface area contributed by atoms with Gasteiger partial charge in [-0.1, -0.05) is 18.9 Å². The largest absolute Gasteiger partial charge is 0.435 e. The topological polar surface area (TPSA) is 64.4 Å². The van der Waals surface area contributed by atoms with Gasteiger partial charge in [-0.05, 0) is 61.9 Å². The molecule has 0 spiro atoms. The van der Waals surface area contributed by atoms with Crippen molar-refractivity contribution >= 4 is 18.3 Å². The summed E-state index contributed by atoms with van der Waals surface area (Å²) in [5.41, 5.74) is 7.44. The second-order valence-corrected chi connectivity index (χ2v) is 6.20. The molecular weight excluding hydrogens is 350 g/mol. The first kappa shape index (κ1) is 21.6. The highest BCUT2D eigenvalue weighted by Gasteiger charge is 2.22. The fraction of sp³-hybridized carbons (Fsp3) is 0.611. The summed E-state index contributed by atoms with van der Waals surface area (Å²) in [5, 5.41) is 3.07. The maximum atomic E-state index is 12.3. The number of benzene rings is 1. The van der Waals surface area contributed by atoms with Gasteiger partial charge in [-0.25, -0.2) is 0 Å². The zero-order valence-corrected chi connectivity index (χ0v) is 15.1. The summed E-state index contributed by atoms with van der Waals surface area (Å²) in [4.78, 5) is 12.1. The molecule has 1 aliphatic carbocycles. The molecule has 1 unspecified atom stereocenters. The van der Waals surface area contributed by atoms with Crippen molar-refractivity contribution in [2.45, 2.75) is 64.0 Å². The lowest BCUT2D eigenvalue weighted by Gasteiger charge is -2.27. The Morgan fingerprint density at radius 2 is 2.04 bits per heavy atom. The van der Waals surface area contributed by atoms with Crippen molar-refractivity contribution in [3.8, 4) is 5.75 Å². The van der Waals surface area contributed by atoms with Crippen LogP contribution in [0, 0.1) is 0 Å². The standard InChI is InChI=1S/C18H26F2N2O2.ClH/c19-18(20)24-14-9-10-15-13(12-14)6-5-7-16(15)22-17(23)8-3-1-2-4-11-21;/h9-10,12,16,18H,1-8,11,21H2,(H,22,23);1H. The van der Waals surface area contributed by atoms with Gasteiger partial charge in [0.2, 0.25) is 5.91 Å². The first-order valence-corrected chi connectivity index (χ1v) is 8.67. The van der Waals surface area contributed by atoms with Crippen LogP contribution in [0.5, 0.6) is 5.75 Å². The van der Waals surface area contributed by atoms with E-state index in [4.69, 9.17) is 5.73 Å². The van der Waals surface area contributed by atoms with Crippen LogP contribution in [-0.4, -0.2) is 19.1 Å². The molecule has 0 fully saturated rings. The van der Waals surface area contributed by atoms with E-state index in [9.17, 15) is 13.6 Å². The molecule has 1 atom stereocenters. The number of aryl methyl sites for hydroxylation is 1. The number of rotatable bonds is 9. The van der Waals surface area contributed by atoms with Crippen LogP contribution in [0.1, 0.15) is 62.1 Å². The number of alkyl halides is 2. The highest BCUT2D eigenvalue weighted by molar-refractivity contribution is 5.85. The van der Waals surface area contributed by atoms with E-state index in [0.29, 0.717) is 13.0 Å². The second-order valence-electron chi connectivity index (χ2n) is 6.20. The number of nitrogens with one attached hydrogen (secondary N) is 1. The van der Waals surface area contributed by atoms with E-state index in [1.165, 1.54) is 0 Å². The second kappa shape index (κ2) is 11.3. The summed E-state index contributed by atoms with van der Waals surface area (Å²) >= 11 is 0. The Morgan fingerprint density at radius 3 is 2.76 bits per heavy atom. The minimum Gasteiger partial charge on any atom is -0.435 e. The molecule has 1 aromatic rings. The summed E-state index contributed by atoms with van der Waals surface area (Å²) < 4.78 is 29.1. The van der Waals surface area contributed by atoms with Gasteiger partial charge in [-0.15, -0.1) is 12.4 Å². The molecule has 0 saturated heterocycles. The van der Waals surface area contributed by atoms with Gasteiger partial charge in [-0.3, -0.25) is 4.79 Å². The van der Waals surface area contributed by atoms with Crippen LogP contribution in [-0.2, 0) is 11.2 Å². The smallest absolute Gasteiger partial charge is 0.387 e. The summed E-state index contributed by atoms with van der Waals surface area (Å²) in [6, 6.07) is 4.96. The monoisotopic (exact) mass is 376 g/mol. The number of amides is 1. The molecule has 7 heteroatoms. The maximum Gasteiger partial charge on any atom is 0.387 e. The van der Waals surface area contributed by atoms with E-state index < -0.39 is 6.61 Å². The van der Waals surface area contributed by atoms with Crippen molar-refractivity contribution in [2.24, 2.45) is 5.73 Å². The number of fused-ring (bicyclic) bond motifs is 1. The molecule has 4 nitrogen and oxygen atoms in total. The lowest BCUT2D eigenvalue weighted by Crippen LogP contribution is -2.30. The lowest BCUT2D eigenvalue weighted by atomic mass is 9.87. The first-order chi connectivity index (χ1) is 11.6. The number of carbonyl (C=O) groups excluding carboxylic acids is 1. The van der Waals surface area contributed by atoms with Gasteiger partial charge in [-0.2, -0.15) is 8.78 Å². The number of nitrogens with two attached hydrogens (primary N) is 1. The summed E-state index contributed by atoms with van der Waals surface area (Å²) in [7, 11) is 0. The van der Waals surface area contributed by atoms with Gasteiger partial charge < -0.3 is 15.8 Å². The minimum atomic E-state index is -2.82. The zero-order chi connectivity index (χ0) is 17.4. The van der Waals surface area contributed by atoms with E-state index in [1.54, 1.807) is 18.2 Å². The number of hydrogen-bond donors (Lipinski definition) is 2. The number of carbonyl (C=O) groups is 1. The zero-order valence-electron chi connectivity index (χ0n) is 14.3. The summed E-state index contributed by atoms with van der Waals surface area (Å²) in [6.07, 6.45) is 7.08. The normalized spacial score (nSPS) is 16.1. The molecule has 0 aromatic heterocycles. The van der Waals surface area contributed by atoms with E-state index in [2.05, 4.69) is 10.1 Å². The highest BCUT2D eigenvalue weighted by atomic mass is 35.5. The minimum absolute atomic E-state index is 0. The molecule has 3 N–H and O–H groups in total. The van der Waals surface area contributed by atoms with Crippen molar-refractivity contribution in [2.75, 3.05) is 6.54 Å². The molecule has 1 aliphatic rings. The van der Waals surface area contributed by atoms with Crippen LogP contribution in [0.2, 0.25) is 0 Å². The van der Waals surface area contributed by atoms with Gasteiger partial charge >= 0.3 is 6.61 Å². The Hall–Kier alpha value is -1.40. The van der Waals surface area contributed by atoms with Crippen LogP contribution >= 0.6 is 12.4 Å². The molecule has 0 radical (unpaired) electrons. The third-order valence-electron chi connectivity index (χ3n) is 4.35. The SMILES string of the molecule is Cl.NCCCCCCC(=O)NC1CCCc2cc(OC(F)F)ccc21. The van der Waals surface area contributed by atoms with Crippen molar-refractivity contribution in [3.63, 3.8) is 0 Å². The molecule has 2 rings (SSSR count). The van der Waals surface area contributed by atoms with E-state index in [1.807, 2.05) is 0 Å². The maximum absolute atomic E-state index is 12.3. The van der Waals surface area contributed by atoms with Gasteiger partial charge in [0, 0.05) is 6.42 Å². The molecule has 0 saturated carbocycles. The number of hydrogen-bond acceptors (Lipinski definition) is 3. The van der Waals surface area contributed by atoms with E-state index in [0.717, 1.165) is 56.1 Å². The Bertz CT molecular complexity index is 544. The molecule has 0 heterocycles. The van der Waals surface area contributed by atoms with Crippen LogP contribution in [0.4, 0.5) is 8.78 Å². The van der Waals surface area contributed by atoms with Gasteiger partial charge in [0.15, 0.2) is 0 Å². The third-order valence-corrected chi connectivity index (χ3v) is 4.35. The fourth-order valence-corrected chi connectivity index (χ4v) is 3.17. The number of ether oxygens (including phenoxy) is 1. The molecule has 25 heavy (non-hydrogen) atoms. The van der Waals surface area contributed by atoms with E-state index in [-0.39, 0.29) is 30.1 Å². The Morgan fingerprint density at radius 1 is 1.28 bits per heavy atom. The Kier molecular flexibility index (Phi) is 9.75. The molecule has 0 bridgehead atoms. The molecule has 0 aliphatic heterocycles. The highest BCUT2D eigenvalue weighted by Crippen LogP contribution is 2.32. The number of unbranched alkanes of at least 4 members (excludes halogenated alkanes) is 3. The average molecular weight is 377 g/mol. The van der Waals surface area contributed by atoms with Crippen molar-refractivity contribution in [1.29, 1.82) is 0 Å². The van der Waals surface area contributed by atoms with Crippen LogP contribution in [0.15, 0.2) is 18.2 Å². The van der Waals surface area contributed by atoms with Crippen LogP contribution in [0.3, 0.4) is 0 Å². The Balaban J connectivity index is 0.00000312. The van der Waals surface area contributed by atoms with Gasteiger partial charge in [0.1, 0.15) is 5.75 Å². The molecule has 1 amide bonds. The van der Waals surface area contributed by atoms with E-state index >= 15 is 0 Å². The van der Waals surface area contributed by atoms with Gasteiger partial charge in [0.05, 0.1) is 6.04 Å². The Labute approximate surface area is 153 Å². The summed E-state index contributed by atoms with van der Waals surface area (Å²) in [6.45, 7) is -2.12. The predicted molar refractivity (Wildman–Crippen MR) is 96.3 cm³/mol. The predicted octanol–water partition coefficient (Wildman–Crippen LogP) is 4.11. The van der Waals surface area contributed by atoms with Crippen LogP contribution < -0.4 is 15.8 Å². The number of halogens is 3. The summed E-state index contributed by atoms with van der Waals surface area (Å²) in [5.74, 6) is 0.226. The molecule has 142 valence electrons. The third kappa shape index (κ3) is 7.16. The van der Waals surface area contributed by atoms with Gasteiger partial charge in [0.25, 0.3) is 0 Å². The first-order valence-electron chi connectivity index (χ1n) is 8.67. The molecule has 1 aromatic carbocycles. The fourth-order valence-electron chi connectivity index (χ4n) is 3.17.